The maximum atomic E-state index is 13.0. The molecule has 1 fully saturated rings. The molecule has 1 saturated carbocycles. The van der Waals surface area contributed by atoms with Crippen LogP contribution in [0.1, 0.15) is 67.7 Å². The molecule has 0 aromatic carbocycles. The maximum absolute atomic E-state index is 13.0. The van der Waals surface area contributed by atoms with Crippen molar-refractivity contribution in [3.05, 3.63) is 0 Å². The summed E-state index contributed by atoms with van der Waals surface area (Å²) in [5.41, 5.74) is -1.26. The van der Waals surface area contributed by atoms with Gasteiger partial charge in [0.15, 0.2) is 0 Å². The van der Waals surface area contributed by atoms with Gasteiger partial charge >= 0.3 is 6.09 Å². The van der Waals surface area contributed by atoms with Crippen molar-refractivity contribution in [2.24, 2.45) is 16.3 Å². The molecule has 0 radical (unpaired) electrons. The zero-order valence-corrected chi connectivity index (χ0v) is 15.9. The number of aliphatic imine (C=N–C) groups is 1. The number of methoxy groups -OCH3 is 1. The summed E-state index contributed by atoms with van der Waals surface area (Å²) in [5, 5.41) is 0. The Hall–Kier alpha value is -1.26. The molecule has 1 heterocycles. The number of hydrogen-bond donors (Lipinski definition) is 0. The third-order valence-electron chi connectivity index (χ3n) is 4.42. The van der Waals surface area contributed by atoms with E-state index in [2.05, 4.69) is 27.7 Å². The lowest BCUT2D eigenvalue weighted by atomic mass is 9.88. The van der Waals surface area contributed by atoms with Crippen LogP contribution in [0.4, 0.5) is 4.79 Å². The van der Waals surface area contributed by atoms with Gasteiger partial charge in [0.25, 0.3) is 0 Å². The maximum Gasteiger partial charge on any atom is 0.412 e. The number of amides is 1. The minimum atomic E-state index is -0.532. The average Bonchev–Trinajstić information content (AvgIpc) is 3.07. The summed E-state index contributed by atoms with van der Waals surface area (Å²) in [7, 11) is 1.64. The van der Waals surface area contributed by atoms with Gasteiger partial charge < -0.3 is 9.47 Å². The van der Waals surface area contributed by atoms with E-state index in [4.69, 9.17) is 14.5 Å². The van der Waals surface area contributed by atoms with Crippen LogP contribution in [-0.4, -0.2) is 41.3 Å². The van der Waals surface area contributed by atoms with Crippen molar-refractivity contribution < 1.29 is 14.3 Å². The summed E-state index contributed by atoms with van der Waals surface area (Å²) in [6.45, 7) is 14.0. The molecule has 0 aromatic heterocycles. The van der Waals surface area contributed by atoms with E-state index in [1.54, 1.807) is 7.11 Å². The third kappa shape index (κ3) is 3.81. The summed E-state index contributed by atoms with van der Waals surface area (Å²) in [5.74, 6) is 1.29. The van der Waals surface area contributed by atoms with E-state index in [1.165, 1.54) is 12.8 Å². The molecule has 2 atom stereocenters. The molecule has 0 bridgehead atoms. The van der Waals surface area contributed by atoms with Crippen LogP contribution >= 0.6 is 0 Å². The number of rotatable bonds is 2. The van der Waals surface area contributed by atoms with Crippen LogP contribution in [0, 0.1) is 11.3 Å². The number of nitrogens with zero attached hydrogens (tertiary/aromatic N) is 2. The molecule has 0 spiro atoms. The van der Waals surface area contributed by atoms with E-state index < -0.39 is 11.1 Å². The summed E-state index contributed by atoms with van der Waals surface area (Å²) < 4.78 is 11.3. The fourth-order valence-corrected chi connectivity index (χ4v) is 3.22. The molecule has 1 aliphatic heterocycles. The first-order chi connectivity index (χ1) is 10.4. The molecule has 1 amide bonds. The first kappa shape index (κ1) is 18.1. The van der Waals surface area contributed by atoms with Gasteiger partial charge in [0.2, 0.25) is 5.90 Å². The van der Waals surface area contributed by atoms with Crippen LogP contribution in [0.25, 0.3) is 0 Å². The van der Waals surface area contributed by atoms with E-state index >= 15 is 0 Å². The normalized spacial score (nSPS) is 28.6. The lowest BCUT2D eigenvalue weighted by Gasteiger charge is -2.42. The van der Waals surface area contributed by atoms with Crippen molar-refractivity contribution in [3.63, 3.8) is 0 Å². The Balaban J connectivity index is 2.39. The van der Waals surface area contributed by atoms with Gasteiger partial charge in [0, 0.05) is 5.41 Å². The molecule has 23 heavy (non-hydrogen) atoms. The van der Waals surface area contributed by atoms with Crippen LogP contribution in [0.2, 0.25) is 0 Å². The van der Waals surface area contributed by atoms with E-state index in [-0.39, 0.29) is 17.7 Å². The van der Waals surface area contributed by atoms with Crippen molar-refractivity contribution in [2.45, 2.75) is 85.0 Å². The number of carbonyl (C=O) groups excluding carboxylic acids is 1. The quantitative estimate of drug-likeness (QED) is 0.764. The standard InChI is InChI=1S/C18H32N2O3/c1-16(2,3)13-19-14(22-8)18(7,11-12-9-10-12)20(13)15(21)23-17(4,5)6/h12-13H,9-11H2,1-8H3/t13-,18-/m0/s1. The molecular weight excluding hydrogens is 292 g/mol. The Morgan fingerprint density at radius 1 is 1.26 bits per heavy atom. The van der Waals surface area contributed by atoms with E-state index in [9.17, 15) is 4.79 Å². The first-order valence-electron chi connectivity index (χ1n) is 8.53. The third-order valence-corrected chi connectivity index (χ3v) is 4.42. The van der Waals surface area contributed by atoms with Crippen LogP contribution in [-0.2, 0) is 9.47 Å². The molecule has 0 aromatic rings. The number of ether oxygens (including phenoxy) is 2. The lowest BCUT2D eigenvalue weighted by molar-refractivity contribution is -0.0144. The fourth-order valence-electron chi connectivity index (χ4n) is 3.22. The predicted molar refractivity (Wildman–Crippen MR) is 91.5 cm³/mol. The molecule has 0 unspecified atom stereocenters. The molecule has 1 aliphatic carbocycles. The number of hydrogen-bond acceptors (Lipinski definition) is 4. The molecule has 0 N–H and O–H groups in total. The molecule has 2 aliphatic rings. The van der Waals surface area contributed by atoms with Gasteiger partial charge in [-0.25, -0.2) is 9.79 Å². The van der Waals surface area contributed by atoms with Gasteiger partial charge in [-0.3, -0.25) is 4.90 Å². The monoisotopic (exact) mass is 324 g/mol. The van der Waals surface area contributed by atoms with E-state index in [1.807, 2.05) is 25.7 Å². The van der Waals surface area contributed by atoms with Gasteiger partial charge in [-0.05, 0) is 40.0 Å². The van der Waals surface area contributed by atoms with Gasteiger partial charge in [-0.15, -0.1) is 0 Å². The van der Waals surface area contributed by atoms with E-state index in [0.717, 1.165) is 6.42 Å². The summed E-state index contributed by atoms with van der Waals surface area (Å²) in [4.78, 5) is 19.6. The highest BCUT2D eigenvalue weighted by Gasteiger charge is 2.56. The smallest absolute Gasteiger partial charge is 0.412 e. The highest BCUT2D eigenvalue weighted by Crippen LogP contribution is 2.46. The Labute approximate surface area is 140 Å². The fraction of sp³-hybridized carbons (Fsp3) is 0.889. The van der Waals surface area contributed by atoms with Crippen LogP contribution in [0.15, 0.2) is 4.99 Å². The molecular formula is C18H32N2O3. The van der Waals surface area contributed by atoms with Gasteiger partial charge in [-0.2, -0.15) is 0 Å². The highest BCUT2D eigenvalue weighted by molar-refractivity contribution is 5.92. The van der Waals surface area contributed by atoms with Crippen LogP contribution < -0.4 is 0 Å². The number of carbonyl (C=O) groups is 1. The van der Waals surface area contributed by atoms with Crippen molar-refractivity contribution >= 4 is 12.0 Å². The second-order valence-electron chi connectivity index (χ2n) is 9.15. The zero-order chi connectivity index (χ0) is 17.6. The molecule has 5 heteroatoms. The Bertz CT molecular complexity index is 497. The van der Waals surface area contributed by atoms with Gasteiger partial charge in [-0.1, -0.05) is 33.6 Å². The molecule has 0 saturated heterocycles. The van der Waals surface area contributed by atoms with E-state index in [0.29, 0.717) is 11.8 Å². The highest BCUT2D eigenvalue weighted by atomic mass is 16.6. The second kappa shape index (κ2) is 5.67. The Morgan fingerprint density at radius 2 is 1.83 bits per heavy atom. The first-order valence-corrected chi connectivity index (χ1v) is 8.53. The predicted octanol–water partition coefficient (Wildman–Crippen LogP) is 4.21. The summed E-state index contributed by atoms with van der Waals surface area (Å²) in [6, 6.07) is 0. The Morgan fingerprint density at radius 3 is 2.22 bits per heavy atom. The Kier molecular flexibility index (Phi) is 4.46. The topological polar surface area (TPSA) is 51.1 Å². The van der Waals surface area contributed by atoms with Crippen molar-refractivity contribution in [1.29, 1.82) is 0 Å². The molecule has 5 nitrogen and oxygen atoms in total. The van der Waals surface area contributed by atoms with Gasteiger partial charge in [0.1, 0.15) is 17.3 Å². The van der Waals surface area contributed by atoms with Crippen LogP contribution in [0.3, 0.4) is 0 Å². The summed E-state index contributed by atoms with van der Waals surface area (Å²) in [6.07, 6.45) is 2.72. The average molecular weight is 324 g/mol. The van der Waals surface area contributed by atoms with Gasteiger partial charge in [0.05, 0.1) is 7.11 Å². The molecule has 132 valence electrons. The second-order valence-corrected chi connectivity index (χ2v) is 9.15. The SMILES string of the molecule is COC1=N[C@H](C(C)(C)C)N(C(=O)OC(C)(C)C)[C@@]1(C)CC1CC1. The van der Waals surface area contributed by atoms with Crippen molar-refractivity contribution in [2.75, 3.05) is 7.11 Å². The van der Waals surface area contributed by atoms with Crippen LogP contribution in [0.5, 0.6) is 0 Å². The lowest BCUT2D eigenvalue weighted by Crippen LogP contribution is -2.57. The minimum Gasteiger partial charge on any atom is -0.483 e. The van der Waals surface area contributed by atoms with Crippen molar-refractivity contribution in [1.82, 2.24) is 4.90 Å². The largest absolute Gasteiger partial charge is 0.483 e. The summed E-state index contributed by atoms with van der Waals surface area (Å²) >= 11 is 0. The minimum absolute atomic E-state index is 0.192. The zero-order valence-electron chi connectivity index (χ0n) is 15.9. The molecule has 2 rings (SSSR count). The van der Waals surface area contributed by atoms with Crippen molar-refractivity contribution in [3.8, 4) is 0 Å².